The van der Waals surface area contributed by atoms with Crippen molar-refractivity contribution >= 4 is 38.7 Å². The minimum Gasteiger partial charge on any atom is -0.384 e. The summed E-state index contributed by atoms with van der Waals surface area (Å²) in [6.45, 7) is 2.07. The Morgan fingerprint density at radius 2 is 2.17 bits per heavy atom. The summed E-state index contributed by atoms with van der Waals surface area (Å²) in [6.07, 6.45) is 2.66. The lowest BCUT2D eigenvalue weighted by Crippen LogP contribution is -2.38. The van der Waals surface area contributed by atoms with Crippen LogP contribution in [0.5, 0.6) is 0 Å². The highest BCUT2D eigenvalue weighted by Crippen LogP contribution is 2.48. The molecule has 0 spiro atoms. The summed E-state index contributed by atoms with van der Waals surface area (Å²) < 4.78 is 14.9. The van der Waals surface area contributed by atoms with Gasteiger partial charge in [-0.05, 0) is 59.5 Å². The molecule has 0 amide bonds. The van der Waals surface area contributed by atoms with E-state index in [0.29, 0.717) is 36.1 Å². The van der Waals surface area contributed by atoms with E-state index in [0.717, 1.165) is 26.3 Å². The van der Waals surface area contributed by atoms with Crippen LogP contribution in [0.3, 0.4) is 0 Å². The lowest BCUT2D eigenvalue weighted by molar-refractivity contribution is -0.116. The smallest absolute Gasteiger partial charge is 0.161 e. The van der Waals surface area contributed by atoms with Gasteiger partial charge in [0, 0.05) is 31.9 Å². The zero-order valence-corrected chi connectivity index (χ0v) is 18.2. The molecule has 1 aromatic carbocycles. The number of carbonyl (C=O) groups excluding carboxylic acids is 1. The van der Waals surface area contributed by atoms with E-state index < -0.39 is 11.7 Å². The van der Waals surface area contributed by atoms with E-state index in [1.165, 1.54) is 12.1 Å². The monoisotopic (exact) mass is 471 g/mol. The second-order valence-corrected chi connectivity index (χ2v) is 9.09. The predicted molar refractivity (Wildman–Crippen MR) is 116 cm³/mol. The van der Waals surface area contributed by atoms with Gasteiger partial charge in [0.05, 0.1) is 23.2 Å². The van der Waals surface area contributed by atoms with Crippen molar-refractivity contribution in [2.24, 2.45) is 5.73 Å². The minimum atomic E-state index is -0.478. The molecule has 7 heteroatoms. The van der Waals surface area contributed by atoms with E-state index in [-0.39, 0.29) is 11.6 Å². The van der Waals surface area contributed by atoms with Gasteiger partial charge in [0.1, 0.15) is 11.6 Å². The number of Topliss-reactive ketones (excluding diaryl/α,β-unsaturated/α-hetero) is 1. The number of hydrogen-bond acceptors (Lipinski definition) is 5. The molecular weight excluding hydrogens is 453 g/mol. The Bertz CT molecular complexity index is 1110. The van der Waals surface area contributed by atoms with Crippen LogP contribution < -0.4 is 10.6 Å². The summed E-state index contributed by atoms with van der Waals surface area (Å²) in [6, 6.07) is 10.3. The van der Waals surface area contributed by atoms with Gasteiger partial charge < -0.3 is 5.73 Å². The predicted octanol–water partition coefficient (Wildman–Crippen LogP) is 5.52. The summed E-state index contributed by atoms with van der Waals surface area (Å²) in [7, 11) is 0. The molecule has 29 heavy (non-hydrogen) atoms. The molecule has 1 atom stereocenters. The SMILES string of the molecule is CCc1sc(C2C(C#N)=C(N)N(c3cccc(F)c3)C3=C2C(=O)CCC3)cc1Br. The summed E-state index contributed by atoms with van der Waals surface area (Å²) in [4.78, 5) is 16.8. The molecule has 1 aromatic heterocycles. The van der Waals surface area contributed by atoms with Crippen molar-refractivity contribution in [3.05, 3.63) is 73.0 Å². The van der Waals surface area contributed by atoms with E-state index in [1.54, 1.807) is 28.4 Å². The van der Waals surface area contributed by atoms with Crippen LogP contribution in [0.4, 0.5) is 10.1 Å². The van der Waals surface area contributed by atoms with Crippen LogP contribution in [-0.4, -0.2) is 5.78 Å². The molecule has 0 fully saturated rings. The standard InChI is InChI=1S/C22H19BrFN3OS/c1-2-18-15(23)10-19(29-18)20-14(11-25)22(26)27(13-6-3-5-12(24)9-13)16-7-4-8-17(28)21(16)20/h3,5-6,9-10,20H,2,4,7-8,26H2,1H3. The van der Waals surface area contributed by atoms with Crippen molar-refractivity contribution in [1.82, 2.24) is 0 Å². The summed E-state index contributed by atoms with van der Waals surface area (Å²) in [5, 5.41) is 9.99. The van der Waals surface area contributed by atoms with Gasteiger partial charge in [0.15, 0.2) is 5.78 Å². The van der Waals surface area contributed by atoms with E-state index in [2.05, 4.69) is 28.9 Å². The van der Waals surface area contributed by atoms with Crippen molar-refractivity contribution in [3.63, 3.8) is 0 Å². The highest BCUT2D eigenvalue weighted by atomic mass is 79.9. The van der Waals surface area contributed by atoms with E-state index in [9.17, 15) is 14.4 Å². The fourth-order valence-electron chi connectivity index (χ4n) is 4.09. The Balaban J connectivity index is 1.96. The van der Waals surface area contributed by atoms with Gasteiger partial charge in [-0.1, -0.05) is 13.0 Å². The number of anilines is 1. The van der Waals surface area contributed by atoms with Gasteiger partial charge in [-0.25, -0.2) is 4.39 Å². The molecule has 148 valence electrons. The molecule has 1 aliphatic heterocycles. The van der Waals surface area contributed by atoms with Crippen LogP contribution in [0, 0.1) is 17.1 Å². The van der Waals surface area contributed by atoms with Crippen LogP contribution in [-0.2, 0) is 11.2 Å². The number of nitrogens with two attached hydrogens (primary N) is 1. The first-order valence-electron chi connectivity index (χ1n) is 9.46. The molecule has 2 N–H and O–H groups in total. The number of nitriles is 1. The molecule has 0 saturated heterocycles. The van der Waals surface area contributed by atoms with E-state index >= 15 is 0 Å². The lowest BCUT2D eigenvalue weighted by atomic mass is 9.78. The molecule has 0 saturated carbocycles. The Morgan fingerprint density at radius 1 is 1.38 bits per heavy atom. The third kappa shape index (κ3) is 3.30. The maximum atomic E-state index is 13.9. The summed E-state index contributed by atoms with van der Waals surface area (Å²) in [5.74, 6) is -0.580. The zero-order chi connectivity index (χ0) is 20.7. The van der Waals surface area contributed by atoms with E-state index in [1.807, 2.05) is 6.07 Å². The molecule has 0 bridgehead atoms. The average Bonchev–Trinajstić information content (AvgIpc) is 3.07. The number of thiophene rings is 1. The first-order valence-corrected chi connectivity index (χ1v) is 11.1. The van der Waals surface area contributed by atoms with Crippen LogP contribution >= 0.6 is 27.3 Å². The first-order chi connectivity index (χ1) is 14.0. The number of aryl methyl sites for hydroxylation is 1. The number of halogens is 2. The molecule has 2 aliphatic rings. The van der Waals surface area contributed by atoms with Gasteiger partial charge >= 0.3 is 0 Å². The highest BCUT2D eigenvalue weighted by molar-refractivity contribution is 9.10. The lowest BCUT2D eigenvalue weighted by Gasteiger charge is -2.39. The van der Waals surface area contributed by atoms with Crippen LogP contribution in [0.1, 0.15) is 41.9 Å². The number of carbonyl (C=O) groups is 1. The fraction of sp³-hybridized carbons (Fsp3) is 0.273. The van der Waals surface area contributed by atoms with Gasteiger partial charge in [0.25, 0.3) is 0 Å². The van der Waals surface area contributed by atoms with Crippen molar-refractivity contribution < 1.29 is 9.18 Å². The zero-order valence-electron chi connectivity index (χ0n) is 15.8. The van der Waals surface area contributed by atoms with Crippen LogP contribution in [0.25, 0.3) is 0 Å². The number of hydrogen-bond donors (Lipinski definition) is 1. The van der Waals surface area contributed by atoms with Crippen molar-refractivity contribution in [2.75, 3.05) is 4.90 Å². The number of ketones is 1. The third-order valence-corrected chi connectivity index (χ3v) is 7.68. The summed E-state index contributed by atoms with van der Waals surface area (Å²) >= 11 is 5.18. The fourth-order valence-corrected chi connectivity index (χ4v) is 6.13. The Morgan fingerprint density at radius 3 is 2.83 bits per heavy atom. The maximum absolute atomic E-state index is 13.9. The topological polar surface area (TPSA) is 70.1 Å². The molecule has 2 heterocycles. The number of nitrogens with zero attached hydrogens (tertiary/aromatic N) is 2. The molecule has 1 aliphatic carbocycles. The number of benzene rings is 1. The Hall–Kier alpha value is -2.43. The number of allylic oxidation sites excluding steroid dienone is 3. The van der Waals surface area contributed by atoms with Crippen molar-refractivity contribution in [2.45, 2.75) is 38.5 Å². The normalized spacial score (nSPS) is 19.4. The molecular formula is C22H19BrFN3OS. The van der Waals surface area contributed by atoms with Gasteiger partial charge in [-0.15, -0.1) is 11.3 Å². The highest BCUT2D eigenvalue weighted by Gasteiger charge is 2.41. The number of rotatable bonds is 3. The average molecular weight is 472 g/mol. The third-order valence-electron chi connectivity index (χ3n) is 5.36. The van der Waals surface area contributed by atoms with Gasteiger partial charge in [-0.3, -0.25) is 9.69 Å². The molecule has 4 rings (SSSR count). The van der Waals surface area contributed by atoms with Crippen LogP contribution in [0.2, 0.25) is 0 Å². The second kappa shape index (κ2) is 7.77. The van der Waals surface area contributed by atoms with Crippen molar-refractivity contribution in [3.8, 4) is 6.07 Å². The molecule has 2 aromatic rings. The largest absolute Gasteiger partial charge is 0.384 e. The first kappa shape index (κ1) is 19.9. The molecule has 4 nitrogen and oxygen atoms in total. The molecule has 0 radical (unpaired) electrons. The minimum absolute atomic E-state index is 0.0282. The van der Waals surface area contributed by atoms with Gasteiger partial charge in [0.2, 0.25) is 0 Å². The second-order valence-electron chi connectivity index (χ2n) is 7.07. The quantitative estimate of drug-likeness (QED) is 0.639. The van der Waals surface area contributed by atoms with Crippen molar-refractivity contribution in [1.29, 1.82) is 5.26 Å². The molecule has 1 unspecified atom stereocenters. The Labute approximate surface area is 181 Å². The maximum Gasteiger partial charge on any atom is 0.161 e. The van der Waals surface area contributed by atoms with Crippen LogP contribution in [0.15, 0.2) is 57.5 Å². The Kier molecular flexibility index (Phi) is 5.32. The summed E-state index contributed by atoms with van der Waals surface area (Å²) in [5.41, 5.74) is 8.73. The van der Waals surface area contributed by atoms with Gasteiger partial charge in [-0.2, -0.15) is 5.26 Å². The van der Waals surface area contributed by atoms with E-state index in [4.69, 9.17) is 5.73 Å².